The molecule has 0 saturated carbocycles. The number of benzene rings is 2. The number of hydrogen-bond donors (Lipinski definition) is 1. The Hall–Kier alpha value is -3.08. The minimum absolute atomic E-state index is 0.0686. The number of ether oxygens (including phenoxy) is 2. The maximum absolute atomic E-state index is 12.3. The van der Waals surface area contributed by atoms with Gasteiger partial charge < -0.3 is 14.6 Å². The molecule has 2 rings (SSSR count). The van der Waals surface area contributed by atoms with Gasteiger partial charge in [0.2, 0.25) is 0 Å². The number of hydrogen-bond acceptors (Lipinski definition) is 5. The first kappa shape index (κ1) is 17.3. The molecule has 0 bridgehead atoms. The van der Waals surface area contributed by atoms with Crippen LogP contribution in [0, 0.1) is 0 Å². The molecule has 5 heteroatoms. The normalized spacial score (nSPS) is 11.4. The highest BCUT2D eigenvalue weighted by Crippen LogP contribution is 2.28. The van der Waals surface area contributed by atoms with Crippen LogP contribution in [0.15, 0.2) is 61.2 Å². The molecule has 1 N–H and O–H groups in total. The van der Waals surface area contributed by atoms with Crippen LogP contribution in [0.5, 0.6) is 11.5 Å². The summed E-state index contributed by atoms with van der Waals surface area (Å²) in [6.45, 7) is 5.04. The Bertz CT molecular complexity index is 737. The summed E-state index contributed by atoms with van der Waals surface area (Å²) in [5.41, 5.74) is 0.896. The maximum atomic E-state index is 12.3. The van der Waals surface area contributed by atoms with Crippen LogP contribution in [0.2, 0.25) is 0 Å². The minimum Gasteiger partial charge on any atom is -0.504 e. The third-order valence-electron chi connectivity index (χ3n) is 3.21. The van der Waals surface area contributed by atoms with E-state index in [0.29, 0.717) is 11.1 Å². The molecule has 1 unspecified atom stereocenters. The van der Waals surface area contributed by atoms with Gasteiger partial charge in [-0.3, -0.25) is 4.79 Å². The molecule has 0 aliphatic rings. The second kappa shape index (κ2) is 7.97. The van der Waals surface area contributed by atoms with E-state index in [9.17, 15) is 14.7 Å². The summed E-state index contributed by atoms with van der Waals surface area (Å²) in [6.07, 6.45) is 0.568. The van der Waals surface area contributed by atoms with E-state index in [1.54, 1.807) is 37.3 Å². The first-order valence-corrected chi connectivity index (χ1v) is 7.40. The Labute approximate surface area is 140 Å². The molecular formula is C19H18O5. The number of esters is 1. The molecule has 5 nitrogen and oxygen atoms in total. The van der Waals surface area contributed by atoms with Crippen LogP contribution in [0.4, 0.5) is 0 Å². The first-order valence-electron chi connectivity index (χ1n) is 7.40. The second-order valence-electron chi connectivity index (χ2n) is 5.14. The Balaban J connectivity index is 2.03. The fourth-order valence-electron chi connectivity index (χ4n) is 2.02. The molecule has 0 aromatic heterocycles. The van der Waals surface area contributed by atoms with E-state index in [4.69, 9.17) is 9.47 Å². The van der Waals surface area contributed by atoms with E-state index in [2.05, 4.69) is 6.58 Å². The van der Waals surface area contributed by atoms with E-state index >= 15 is 0 Å². The monoisotopic (exact) mass is 326 g/mol. The van der Waals surface area contributed by atoms with E-state index < -0.39 is 12.1 Å². The SMILES string of the molecule is C=CC(=O)OC(C)COc1ccc(C(=O)c2ccccc2)cc1O. The van der Waals surface area contributed by atoms with Gasteiger partial charge in [-0.2, -0.15) is 0 Å². The second-order valence-corrected chi connectivity index (χ2v) is 5.14. The lowest BCUT2D eigenvalue weighted by Crippen LogP contribution is -2.20. The van der Waals surface area contributed by atoms with Crippen molar-refractivity contribution in [2.45, 2.75) is 13.0 Å². The summed E-state index contributed by atoms with van der Waals surface area (Å²) in [5, 5.41) is 10.0. The van der Waals surface area contributed by atoms with Crippen molar-refractivity contribution in [2.24, 2.45) is 0 Å². The lowest BCUT2D eigenvalue weighted by Gasteiger charge is -2.14. The lowest BCUT2D eigenvalue weighted by molar-refractivity contribution is -0.143. The van der Waals surface area contributed by atoms with Gasteiger partial charge in [-0.1, -0.05) is 36.9 Å². The van der Waals surface area contributed by atoms with E-state index in [1.807, 2.05) is 6.07 Å². The predicted octanol–water partition coefficient (Wildman–Crippen LogP) is 3.12. The summed E-state index contributed by atoms with van der Waals surface area (Å²) in [7, 11) is 0. The topological polar surface area (TPSA) is 72.8 Å². The van der Waals surface area contributed by atoms with Crippen LogP contribution >= 0.6 is 0 Å². The molecule has 2 aromatic carbocycles. The summed E-state index contributed by atoms with van der Waals surface area (Å²) in [4.78, 5) is 23.4. The van der Waals surface area contributed by atoms with Crippen molar-refractivity contribution in [3.05, 3.63) is 72.3 Å². The van der Waals surface area contributed by atoms with Gasteiger partial charge >= 0.3 is 5.97 Å². The zero-order valence-corrected chi connectivity index (χ0v) is 13.3. The van der Waals surface area contributed by atoms with Gasteiger partial charge in [0.25, 0.3) is 0 Å². The van der Waals surface area contributed by atoms with Gasteiger partial charge in [0.1, 0.15) is 12.7 Å². The molecule has 0 radical (unpaired) electrons. The molecule has 0 aliphatic carbocycles. The molecule has 124 valence electrons. The van der Waals surface area contributed by atoms with Crippen molar-refractivity contribution in [1.82, 2.24) is 0 Å². The van der Waals surface area contributed by atoms with Crippen molar-refractivity contribution in [1.29, 1.82) is 0 Å². The number of rotatable bonds is 7. The highest BCUT2D eigenvalue weighted by Gasteiger charge is 2.13. The number of carbonyl (C=O) groups excluding carboxylic acids is 2. The Morgan fingerprint density at radius 2 is 1.88 bits per heavy atom. The maximum Gasteiger partial charge on any atom is 0.330 e. The van der Waals surface area contributed by atoms with Crippen LogP contribution < -0.4 is 4.74 Å². The predicted molar refractivity (Wildman–Crippen MR) is 89.2 cm³/mol. The third kappa shape index (κ3) is 4.46. The van der Waals surface area contributed by atoms with Gasteiger partial charge in [-0.05, 0) is 25.1 Å². The molecule has 0 heterocycles. The van der Waals surface area contributed by atoms with Crippen LogP contribution in [0.1, 0.15) is 22.8 Å². The Kier molecular flexibility index (Phi) is 5.73. The van der Waals surface area contributed by atoms with Gasteiger partial charge in [0.05, 0.1) is 0 Å². The van der Waals surface area contributed by atoms with E-state index in [1.165, 1.54) is 12.1 Å². The molecule has 0 aliphatic heterocycles. The summed E-state index contributed by atoms with van der Waals surface area (Å²) < 4.78 is 10.4. The fraction of sp³-hybridized carbons (Fsp3) is 0.158. The number of ketones is 1. The van der Waals surface area contributed by atoms with Gasteiger partial charge in [0, 0.05) is 17.2 Å². The highest BCUT2D eigenvalue weighted by atomic mass is 16.6. The summed E-state index contributed by atoms with van der Waals surface area (Å²) in [5.74, 6) is -0.676. The van der Waals surface area contributed by atoms with Gasteiger partial charge in [-0.25, -0.2) is 4.79 Å². The van der Waals surface area contributed by atoms with Crippen LogP contribution in [0.25, 0.3) is 0 Å². The zero-order valence-electron chi connectivity index (χ0n) is 13.3. The summed E-state index contributed by atoms with van der Waals surface area (Å²) in [6, 6.07) is 13.2. The Morgan fingerprint density at radius 3 is 2.50 bits per heavy atom. The van der Waals surface area contributed by atoms with E-state index in [-0.39, 0.29) is 23.9 Å². The molecular weight excluding hydrogens is 308 g/mol. The molecule has 0 amide bonds. The minimum atomic E-state index is -0.542. The molecule has 0 fully saturated rings. The highest BCUT2D eigenvalue weighted by molar-refractivity contribution is 6.09. The van der Waals surface area contributed by atoms with Gasteiger partial charge in [0.15, 0.2) is 17.3 Å². The van der Waals surface area contributed by atoms with E-state index in [0.717, 1.165) is 6.08 Å². The lowest BCUT2D eigenvalue weighted by atomic mass is 10.0. The largest absolute Gasteiger partial charge is 0.504 e. The standard InChI is InChI=1S/C19H18O5/c1-3-18(21)24-13(2)12-23-17-10-9-15(11-16(17)20)19(22)14-7-5-4-6-8-14/h3-11,13,20H,1,12H2,2H3. The van der Waals surface area contributed by atoms with Crippen LogP contribution in [-0.2, 0) is 9.53 Å². The third-order valence-corrected chi connectivity index (χ3v) is 3.21. The first-order chi connectivity index (χ1) is 11.5. The molecule has 0 saturated heterocycles. The van der Waals surface area contributed by atoms with Crippen molar-refractivity contribution >= 4 is 11.8 Å². The quantitative estimate of drug-likeness (QED) is 0.481. The summed E-state index contributed by atoms with van der Waals surface area (Å²) >= 11 is 0. The fourth-order valence-corrected chi connectivity index (χ4v) is 2.02. The van der Waals surface area contributed by atoms with Crippen molar-refractivity contribution in [2.75, 3.05) is 6.61 Å². The van der Waals surface area contributed by atoms with Crippen LogP contribution in [-0.4, -0.2) is 29.6 Å². The smallest absolute Gasteiger partial charge is 0.330 e. The Morgan fingerprint density at radius 1 is 1.17 bits per heavy atom. The zero-order chi connectivity index (χ0) is 17.5. The molecule has 0 spiro atoms. The van der Waals surface area contributed by atoms with Crippen molar-refractivity contribution < 1.29 is 24.2 Å². The van der Waals surface area contributed by atoms with Crippen LogP contribution in [0.3, 0.4) is 0 Å². The van der Waals surface area contributed by atoms with Gasteiger partial charge in [-0.15, -0.1) is 0 Å². The number of aromatic hydroxyl groups is 1. The molecule has 1 atom stereocenters. The number of phenols is 1. The average Bonchev–Trinajstić information content (AvgIpc) is 2.60. The average molecular weight is 326 g/mol. The van der Waals surface area contributed by atoms with Crippen molar-refractivity contribution in [3.63, 3.8) is 0 Å². The number of carbonyl (C=O) groups is 2. The molecule has 2 aromatic rings. The molecule has 24 heavy (non-hydrogen) atoms. The van der Waals surface area contributed by atoms with Crippen molar-refractivity contribution in [3.8, 4) is 11.5 Å². The number of phenolic OH excluding ortho intramolecular Hbond substituents is 1.